The van der Waals surface area contributed by atoms with Crippen LogP contribution in [0.15, 0.2) is 41.3 Å². The summed E-state index contributed by atoms with van der Waals surface area (Å²) in [7, 11) is 1.55. The highest BCUT2D eigenvalue weighted by atomic mass is 32.2. The number of carbonyl (C=O) groups excluding carboxylic acids is 1. The fraction of sp³-hybridized carbons (Fsp3) is 0.214. The van der Waals surface area contributed by atoms with Crippen molar-refractivity contribution >= 4 is 34.1 Å². The van der Waals surface area contributed by atoms with E-state index in [4.69, 9.17) is 9.47 Å². The van der Waals surface area contributed by atoms with Gasteiger partial charge >= 0.3 is 0 Å². The number of aromatic nitrogens is 2. The maximum atomic E-state index is 11.8. The Balaban J connectivity index is 1.85. The second-order valence-corrected chi connectivity index (χ2v) is 6.21. The van der Waals surface area contributed by atoms with Gasteiger partial charge in [-0.2, -0.15) is 0 Å². The number of rotatable bonds is 8. The van der Waals surface area contributed by atoms with Crippen molar-refractivity contribution in [1.82, 2.24) is 10.2 Å². The molecule has 0 unspecified atom stereocenters. The number of nitrogens with one attached hydrogen (secondary N) is 1. The van der Waals surface area contributed by atoms with E-state index in [2.05, 4.69) is 22.1 Å². The zero-order chi connectivity index (χ0) is 15.8. The number of carbonyl (C=O) groups is 1. The van der Waals surface area contributed by atoms with Crippen LogP contribution in [0.3, 0.4) is 0 Å². The number of hydrogen-bond donors (Lipinski definition) is 1. The van der Waals surface area contributed by atoms with Crippen LogP contribution in [0.25, 0.3) is 0 Å². The van der Waals surface area contributed by atoms with Gasteiger partial charge in [0.2, 0.25) is 5.13 Å². The minimum Gasteiger partial charge on any atom is -0.493 e. The van der Waals surface area contributed by atoms with Crippen molar-refractivity contribution in [2.75, 3.05) is 24.8 Å². The molecule has 0 aliphatic heterocycles. The third-order valence-corrected chi connectivity index (χ3v) is 4.37. The number of amides is 1. The predicted molar refractivity (Wildman–Crippen MR) is 87.9 cm³/mol. The first-order chi connectivity index (χ1) is 10.7. The fourth-order valence-corrected chi connectivity index (χ4v) is 3.01. The Kier molecular flexibility index (Phi) is 6.23. The van der Waals surface area contributed by atoms with E-state index in [1.165, 1.54) is 23.1 Å². The molecule has 0 aliphatic carbocycles. The van der Waals surface area contributed by atoms with Crippen molar-refractivity contribution in [3.63, 3.8) is 0 Å². The molecule has 6 nitrogen and oxygen atoms in total. The van der Waals surface area contributed by atoms with Gasteiger partial charge in [-0.1, -0.05) is 41.3 Å². The molecule has 1 aromatic heterocycles. The van der Waals surface area contributed by atoms with Gasteiger partial charge in [0.1, 0.15) is 0 Å². The topological polar surface area (TPSA) is 73.3 Å². The molecular weight excluding hydrogens is 322 g/mol. The quantitative estimate of drug-likeness (QED) is 0.454. The smallest absolute Gasteiger partial charge is 0.264 e. The van der Waals surface area contributed by atoms with E-state index in [-0.39, 0.29) is 12.5 Å². The molecule has 0 aliphatic rings. The van der Waals surface area contributed by atoms with E-state index < -0.39 is 0 Å². The summed E-state index contributed by atoms with van der Waals surface area (Å²) in [4.78, 5) is 11.8. The van der Waals surface area contributed by atoms with E-state index in [0.29, 0.717) is 16.6 Å². The van der Waals surface area contributed by atoms with Crippen LogP contribution in [-0.2, 0) is 4.79 Å². The van der Waals surface area contributed by atoms with E-state index >= 15 is 0 Å². The SMILES string of the molecule is C=CCSc1nnc(NC(=O)COc2ccccc2OC)s1. The molecule has 1 N–H and O–H groups in total. The number of anilines is 1. The summed E-state index contributed by atoms with van der Waals surface area (Å²) in [5.41, 5.74) is 0. The van der Waals surface area contributed by atoms with Gasteiger partial charge in [0.25, 0.3) is 5.91 Å². The van der Waals surface area contributed by atoms with Gasteiger partial charge in [-0.25, -0.2) is 0 Å². The monoisotopic (exact) mass is 337 g/mol. The molecular formula is C14H15N3O3S2. The van der Waals surface area contributed by atoms with Crippen LogP contribution in [-0.4, -0.2) is 35.6 Å². The highest BCUT2D eigenvalue weighted by Gasteiger charge is 2.10. The van der Waals surface area contributed by atoms with Gasteiger partial charge < -0.3 is 9.47 Å². The number of benzene rings is 1. The maximum absolute atomic E-state index is 11.8. The summed E-state index contributed by atoms with van der Waals surface area (Å²) in [5, 5.41) is 11.0. The Morgan fingerprint density at radius 2 is 2.18 bits per heavy atom. The molecule has 0 fully saturated rings. The molecule has 0 radical (unpaired) electrons. The van der Waals surface area contributed by atoms with Crippen LogP contribution in [0.4, 0.5) is 5.13 Å². The minimum atomic E-state index is -0.303. The highest BCUT2D eigenvalue weighted by molar-refractivity contribution is 8.01. The van der Waals surface area contributed by atoms with Crippen LogP contribution in [0.1, 0.15) is 0 Å². The molecule has 8 heteroatoms. The number of nitrogens with zero attached hydrogens (tertiary/aromatic N) is 2. The highest BCUT2D eigenvalue weighted by Crippen LogP contribution is 2.26. The zero-order valence-corrected chi connectivity index (χ0v) is 13.6. The van der Waals surface area contributed by atoms with Crippen LogP contribution >= 0.6 is 23.1 Å². The molecule has 0 saturated heterocycles. The summed E-state index contributed by atoms with van der Waals surface area (Å²) in [6.07, 6.45) is 1.78. The lowest BCUT2D eigenvalue weighted by Gasteiger charge is -2.09. The van der Waals surface area contributed by atoms with E-state index in [9.17, 15) is 4.79 Å². The first-order valence-electron chi connectivity index (χ1n) is 6.35. The second kappa shape index (κ2) is 8.40. The molecule has 2 rings (SSSR count). The molecule has 2 aromatic rings. The average molecular weight is 337 g/mol. The van der Waals surface area contributed by atoms with Gasteiger partial charge in [-0.3, -0.25) is 10.1 Å². The van der Waals surface area contributed by atoms with Gasteiger partial charge in [0.15, 0.2) is 22.4 Å². The minimum absolute atomic E-state index is 0.130. The van der Waals surface area contributed by atoms with E-state index in [1.807, 2.05) is 12.1 Å². The van der Waals surface area contributed by atoms with Crippen molar-refractivity contribution < 1.29 is 14.3 Å². The predicted octanol–water partition coefficient (Wildman–Crippen LogP) is 2.84. The molecule has 0 saturated carbocycles. The summed E-state index contributed by atoms with van der Waals surface area (Å²) in [6, 6.07) is 7.14. The maximum Gasteiger partial charge on any atom is 0.264 e. The van der Waals surface area contributed by atoms with Crippen molar-refractivity contribution in [3.8, 4) is 11.5 Å². The summed E-state index contributed by atoms with van der Waals surface area (Å²) < 4.78 is 11.4. The molecule has 22 heavy (non-hydrogen) atoms. The molecule has 1 heterocycles. The Hall–Kier alpha value is -2.06. The van der Waals surface area contributed by atoms with Gasteiger partial charge in [-0.05, 0) is 12.1 Å². The number of ether oxygens (including phenoxy) is 2. The normalized spacial score (nSPS) is 10.0. The number of hydrogen-bond acceptors (Lipinski definition) is 7. The molecule has 1 amide bonds. The zero-order valence-electron chi connectivity index (χ0n) is 11.9. The Morgan fingerprint density at radius 3 is 2.91 bits per heavy atom. The number of thioether (sulfide) groups is 1. The molecule has 116 valence electrons. The van der Waals surface area contributed by atoms with Crippen molar-refractivity contribution in [3.05, 3.63) is 36.9 Å². The van der Waals surface area contributed by atoms with Gasteiger partial charge in [-0.15, -0.1) is 16.8 Å². The third-order valence-electron chi connectivity index (χ3n) is 2.41. The Bertz CT molecular complexity index is 646. The number of methoxy groups -OCH3 is 1. The Morgan fingerprint density at radius 1 is 1.41 bits per heavy atom. The van der Waals surface area contributed by atoms with Gasteiger partial charge in [0, 0.05) is 5.75 Å². The molecule has 1 aromatic carbocycles. The molecule has 0 atom stereocenters. The lowest BCUT2D eigenvalue weighted by atomic mass is 10.3. The van der Waals surface area contributed by atoms with Crippen LogP contribution in [0, 0.1) is 0 Å². The third kappa shape index (κ3) is 4.74. The standard InChI is InChI=1S/C14H15N3O3S2/c1-3-8-21-14-17-16-13(22-14)15-12(18)9-20-11-7-5-4-6-10(11)19-2/h3-7H,1,8-9H2,2H3,(H,15,16,18). The van der Waals surface area contributed by atoms with E-state index in [1.54, 1.807) is 25.3 Å². The lowest BCUT2D eigenvalue weighted by Crippen LogP contribution is -2.20. The summed E-state index contributed by atoms with van der Waals surface area (Å²) in [5.74, 6) is 1.54. The van der Waals surface area contributed by atoms with Crippen molar-refractivity contribution in [2.24, 2.45) is 0 Å². The van der Waals surface area contributed by atoms with Crippen molar-refractivity contribution in [1.29, 1.82) is 0 Å². The Labute approximate surface area is 136 Å². The van der Waals surface area contributed by atoms with Crippen LogP contribution in [0.5, 0.6) is 11.5 Å². The molecule has 0 bridgehead atoms. The lowest BCUT2D eigenvalue weighted by molar-refractivity contribution is -0.118. The summed E-state index contributed by atoms with van der Waals surface area (Å²) >= 11 is 2.82. The largest absolute Gasteiger partial charge is 0.493 e. The second-order valence-electron chi connectivity index (χ2n) is 3.96. The molecule has 0 spiro atoms. The van der Waals surface area contributed by atoms with Crippen molar-refractivity contribution in [2.45, 2.75) is 4.34 Å². The van der Waals surface area contributed by atoms with Crippen LogP contribution < -0.4 is 14.8 Å². The fourth-order valence-electron chi connectivity index (χ4n) is 1.49. The van der Waals surface area contributed by atoms with Gasteiger partial charge in [0.05, 0.1) is 7.11 Å². The first-order valence-corrected chi connectivity index (χ1v) is 8.16. The first kappa shape index (κ1) is 16.3. The van der Waals surface area contributed by atoms with Crippen LogP contribution in [0.2, 0.25) is 0 Å². The van der Waals surface area contributed by atoms with E-state index in [0.717, 1.165) is 10.1 Å². The summed E-state index contributed by atoms with van der Waals surface area (Å²) in [6.45, 7) is 3.51. The average Bonchev–Trinajstić information content (AvgIpc) is 2.98. The number of para-hydroxylation sites is 2.